The third-order valence-corrected chi connectivity index (χ3v) is 2.98. The second kappa shape index (κ2) is 9.80. The first-order valence-electron chi connectivity index (χ1n) is 7.23. The number of rotatable bonds is 6. The average Bonchev–Trinajstić information content (AvgIpc) is 2.43. The Hall–Kier alpha value is -2.04. The lowest BCUT2D eigenvalue weighted by Crippen LogP contribution is -2.29. The fraction of sp³-hybridized carbons (Fsp3) is 0.500. The third-order valence-electron chi connectivity index (χ3n) is 2.98. The summed E-state index contributed by atoms with van der Waals surface area (Å²) in [6.07, 6.45) is 4.26. The summed E-state index contributed by atoms with van der Waals surface area (Å²) < 4.78 is 9.13. The van der Waals surface area contributed by atoms with Crippen molar-refractivity contribution in [3.05, 3.63) is 35.9 Å². The third kappa shape index (κ3) is 8.68. The number of hydrogen-bond acceptors (Lipinski definition) is 4. The van der Waals surface area contributed by atoms with E-state index in [0.29, 0.717) is 13.0 Å². The fourth-order valence-electron chi connectivity index (χ4n) is 1.87. The number of primary amides is 1. The molecule has 1 heterocycles. The largest absolute Gasteiger partial charge is 0.462 e. The molecule has 0 radical (unpaired) electrons. The van der Waals surface area contributed by atoms with E-state index in [1.54, 1.807) is 0 Å². The Morgan fingerprint density at radius 1 is 1.29 bits per heavy atom. The standard InChI is InChI=1S/C12H17NO2.C4H6O2/c13-12(14)15-10-6-2-5-9-11-7-3-1-4-8-11;1-3-2-4(5)6-3/h1,3-4,7-8H,2,5-6,9-10H2,(H2,13,14);3H,2H2,1H3. The molecule has 1 aromatic carbocycles. The van der Waals surface area contributed by atoms with Gasteiger partial charge in [0.2, 0.25) is 0 Å². The van der Waals surface area contributed by atoms with Crippen LogP contribution in [0.1, 0.15) is 38.2 Å². The number of hydrogen-bond donors (Lipinski definition) is 1. The Balaban J connectivity index is 0.000000304. The van der Waals surface area contributed by atoms with Crippen LogP contribution in [0, 0.1) is 0 Å². The predicted molar refractivity (Wildman–Crippen MR) is 79.7 cm³/mol. The molecular formula is C16H23NO4. The molecule has 1 atom stereocenters. The lowest BCUT2D eigenvalue weighted by molar-refractivity contribution is -0.167. The molecule has 1 aliphatic heterocycles. The van der Waals surface area contributed by atoms with Gasteiger partial charge in [-0.2, -0.15) is 0 Å². The number of nitrogens with two attached hydrogens (primary N) is 1. The molecule has 0 spiro atoms. The number of carbonyl (C=O) groups is 2. The number of aryl methyl sites for hydroxylation is 1. The van der Waals surface area contributed by atoms with Gasteiger partial charge in [-0.05, 0) is 38.2 Å². The number of ether oxygens (including phenoxy) is 2. The Bertz CT molecular complexity index is 425. The lowest BCUT2D eigenvalue weighted by Gasteiger charge is -2.20. The Morgan fingerprint density at radius 2 is 1.95 bits per heavy atom. The summed E-state index contributed by atoms with van der Waals surface area (Å²) in [5.74, 6) is -0.0671. The first kappa shape index (κ1) is 17.0. The highest BCUT2D eigenvalue weighted by Gasteiger charge is 2.22. The molecule has 2 rings (SSSR count). The topological polar surface area (TPSA) is 78.6 Å². The maximum absolute atomic E-state index is 10.3. The first-order chi connectivity index (χ1) is 10.1. The summed E-state index contributed by atoms with van der Waals surface area (Å²) in [4.78, 5) is 20.1. The van der Waals surface area contributed by atoms with Crippen LogP contribution in [0.15, 0.2) is 30.3 Å². The Labute approximate surface area is 125 Å². The normalized spacial score (nSPS) is 16.0. The van der Waals surface area contributed by atoms with Gasteiger partial charge in [0.05, 0.1) is 13.0 Å². The van der Waals surface area contributed by atoms with Crippen molar-refractivity contribution >= 4 is 12.1 Å². The molecule has 0 aromatic heterocycles. The zero-order valence-corrected chi connectivity index (χ0v) is 12.4. The zero-order chi connectivity index (χ0) is 15.5. The Kier molecular flexibility index (Phi) is 7.94. The molecule has 1 fully saturated rings. The van der Waals surface area contributed by atoms with Gasteiger partial charge in [-0.25, -0.2) is 4.79 Å². The van der Waals surface area contributed by atoms with Crippen LogP contribution in [-0.2, 0) is 20.7 Å². The van der Waals surface area contributed by atoms with Crippen LogP contribution in [-0.4, -0.2) is 24.8 Å². The van der Waals surface area contributed by atoms with Crippen molar-refractivity contribution in [2.24, 2.45) is 5.73 Å². The molecule has 1 aromatic rings. The molecule has 1 saturated heterocycles. The second-order valence-electron chi connectivity index (χ2n) is 4.97. The highest BCUT2D eigenvalue weighted by molar-refractivity contribution is 5.74. The average molecular weight is 293 g/mol. The zero-order valence-electron chi connectivity index (χ0n) is 12.4. The Morgan fingerprint density at radius 3 is 2.43 bits per heavy atom. The summed E-state index contributed by atoms with van der Waals surface area (Å²) in [5.41, 5.74) is 6.19. The smallest absolute Gasteiger partial charge is 0.404 e. The van der Waals surface area contributed by atoms with Crippen LogP contribution >= 0.6 is 0 Å². The van der Waals surface area contributed by atoms with E-state index in [1.807, 2.05) is 25.1 Å². The van der Waals surface area contributed by atoms with E-state index >= 15 is 0 Å². The second-order valence-corrected chi connectivity index (χ2v) is 4.97. The molecule has 1 unspecified atom stereocenters. The fourth-order valence-corrected chi connectivity index (χ4v) is 1.87. The quantitative estimate of drug-likeness (QED) is 0.646. The van der Waals surface area contributed by atoms with Crippen molar-refractivity contribution in [1.29, 1.82) is 0 Å². The highest BCUT2D eigenvalue weighted by atomic mass is 16.6. The van der Waals surface area contributed by atoms with Gasteiger partial charge in [0, 0.05) is 0 Å². The number of amides is 1. The van der Waals surface area contributed by atoms with Crippen molar-refractivity contribution in [2.45, 2.75) is 45.1 Å². The van der Waals surface area contributed by atoms with Crippen LogP contribution in [0.4, 0.5) is 4.79 Å². The van der Waals surface area contributed by atoms with Crippen LogP contribution < -0.4 is 5.73 Å². The molecule has 0 saturated carbocycles. The van der Waals surface area contributed by atoms with Gasteiger partial charge >= 0.3 is 12.1 Å². The monoisotopic (exact) mass is 293 g/mol. The molecular weight excluding hydrogens is 270 g/mol. The summed E-state index contributed by atoms with van der Waals surface area (Å²) in [5, 5.41) is 0. The van der Waals surface area contributed by atoms with Crippen molar-refractivity contribution in [2.75, 3.05) is 6.61 Å². The van der Waals surface area contributed by atoms with Gasteiger partial charge in [0.1, 0.15) is 6.10 Å². The van der Waals surface area contributed by atoms with Crippen LogP contribution in [0.25, 0.3) is 0 Å². The SMILES string of the molecule is CC1CC(=O)O1.NC(=O)OCCCCCc1ccccc1. The van der Waals surface area contributed by atoms with Crippen molar-refractivity contribution < 1.29 is 19.1 Å². The number of benzene rings is 1. The van der Waals surface area contributed by atoms with E-state index in [-0.39, 0.29) is 12.1 Å². The van der Waals surface area contributed by atoms with Gasteiger partial charge in [-0.1, -0.05) is 30.3 Å². The van der Waals surface area contributed by atoms with E-state index in [9.17, 15) is 9.59 Å². The van der Waals surface area contributed by atoms with Crippen molar-refractivity contribution in [3.63, 3.8) is 0 Å². The molecule has 0 aliphatic carbocycles. The first-order valence-corrected chi connectivity index (χ1v) is 7.23. The van der Waals surface area contributed by atoms with E-state index < -0.39 is 6.09 Å². The number of esters is 1. The maximum Gasteiger partial charge on any atom is 0.404 e. The minimum atomic E-state index is -0.682. The van der Waals surface area contributed by atoms with E-state index in [0.717, 1.165) is 25.7 Å². The minimum Gasteiger partial charge on any atom is -0.462 e. The van der Waals surface area contributed by atoms with Gasteiger partial charge in [-0.15, -0.1) is 0 Å². The number of unbranched alkanes of at least 4 members (excludes halogenated alkanes) is 2. The van der Waals surface area contributed by atoms with Crippen molar-refractivity contribution in [1.82, 2.24) is 0 Å². The molecule has 5 nitrogen and oxygen atoms in total. The van der Waals surface area contributed by atoms with E-state index in [1.165, 1.54) is 5.56 Å². The molecule has 1 amide bonds. The predicted octanol–water partition coefficient (Wildman–Crippen LogP) is 2.82. The maximum atomic E-state index is 10.3. The van der Waals surface area contributed by atoms with Gasteiger partial charge in [-0.3, -0.25) is 4.79 Å². The summed E-state index contributed by atoms with van der Waals surface area (Å²) >= 11 is 0. The molecule has 1 aliphatic rings. The summed E-state index contributed by atoms with van der Waals surface area (Å²) in [6.45, 7) is 2.31. The summed E-state index contributed by atoms with van der Waals surface area (Å²) in [7, 11) is 0. The molecule has 5 heteroatoms. The van der Waals surface area contributed by atoms with Gasteiger partial charge in [0.15, 0.2) is 0 Å². The molecule has 21 heavy (non-hydrogen) atoms. The molecule has 2 N–H and O–H groups in total. The van der Waals surface area contributed by atoms with E-state index in [4.69, 9.17) is 5.73 Å². The van der Waals surface area contributed by atoms with Gasteiger partial charge < -0.3 is 15.2 Å². The molecule has 0 bridgehead atoms. The summed E-state index contributed by atoms with van der Waals surface area (Å²) in [6, 6.07) is 10.4. The van der Waals surface area contributed by atoms with Crippen LogP contribution in [0.2, 0.25) is 0 Å². The minimum absolute atomic E-state index is 0.0671. The van der Waals surface area contributed by atoms with Crippen molar-refractivity contribution in [3.8, 4) is 0 Å². The van der Waals surface area contributed by atoms with Crippen LogP contribution in [0.5, 0.6) is 0 Å². The van der Waals surface area contributed by atoms with Gasteiger partial charge in [0.25, 0.3) is 0 Å². The van der Waals surface area contributed by atoms with E-state index in [2.05, 4.69) is 21.6 Å². The molecule has 116 valence electrons. The highest BCUT2D eigenvalue weighted by Crippen LogP contribution is 2.10. The van der Waals surface area contributed by atoms with Crippen LogP contribution in [0.3, 0.4) is 0 Å². The number of cyclic esters (lactones) is 1. The lowest BCUT2D eigenvalue weighted by atomic mass is 10.1. The number of carbonyl (C=O) groups excluding carboxylic acids is 2.